The number of carbonyl (C=O) groups excluding carboxylic acids is 1. The van der Waals surface area contributed by atoms with Crippen molar-refractivity contribution in [1.82, 2.24) is 15.0 Å². The van der Waals surface area contributed by atoms with Crippen molar-refractivity contribution in [3.63, 3.8) is 0 Å². The van der Waals surface area contributed by atoms with E-state index >= 15 is 0 Å². The van der Waals surface area contributed by atoms with Crippen LogP contribution in [0.15, 0.2) is 48.7 Å². The zero-order valence-electron chi connectivity index (χ0n) is 15.7. The van der Waals surface area contributed by atoms with Crippen LogP contribution in [0.1, 0.15) is 22.2 Å². The fourth-order valence-electron chi connectivity index (χ4n) is 3.03. The highest BCUT2D eigenvalue weighted by Crippen LogP contribution is 2.32. The third kappa shape index (κ3) is 4.14. The summed E-state index contributed by atoms with van der Waals surface area (Å²) in [6.07, 6.45) is 0.618. The first-order valence-corrected chi connectivity index (χ1v) is 9.06. The predicted octanol–water partition coefficient (Wildman–Crippen LogP) is 2.04. The molecule has 150 valence electrons. The zero-order valence-corrected chi connectivity index (χ0v) is 15.7. The van der Waals surface area contributed by atoms with Crippen molar-refractivity contribution in [2.24, 2.45) is 0 Å². The summed E-state index contributed by atoms with van der Waals surface area (Å²) in [6, 6.07) is 12.3. The van der Waals surface area contributed by atoms with Crippen molar-refractivity contribution in [2.75, 3.05) is 25.6 Å². The van der Waals surface area contributed by atoms with Gasteiger partial charge < -0.3 is 24.6 Å². The summed E-state index contributed by atoms with van der Waals surface area (Å²) >= 11 is 0. The fraction of sp³-hybridized carbons (Fsp3) is 0.250. The van der Waals surface area contributed by atoms with E-state index < -0.39 is 12.0 Å². The fourth-order valence-corrected chi connectivity index (χ4v) is 3.03. The number of benzene rings is 2. The number of hydrogen-bond acceptors (Lipinski definition) is 7. The highest BCUT2D eigenvalue weighted by Gasteiger charge is 2.18. The van der Waals surface area contributed by atoms with Crippen LogP contribution in [0.2, 0.25) is 0 Å². The lowest BCUT2D eigenvalue weighted by atomic mass is 10.1. The number of hydrogen-bond donors (Lipinski definition) is 2. The van der Waals surface area contributed by atoms with E-state index in [1.807, 2.05) is 12.1 Å². The van der Waals surface area contributed by atoms with E-state index in [4.69, 9.17) is 14.2 Å². The molecule has 2 heterocycles. The molecule has 2 aromatic carbocycles. The molecule has 3 aromatic rings. The van der Waals surface area contributed by atoms with Gasteiger partial charge in [0.1, 0.15) is 25.1 Å². The Morgan fingerprint density at radius 2 is 2.03 bits per heavy atom. The van der Waals surface area contributed by atoms with Crippen LogP contribution in [0.5, 0.6) is 17.2 Å². The lowest BCUT2D eigenvalue weighted by Gasteiger charge is -2.18. The molecule has 9 heteroatoms. The number of nitrogens with zero attached hydrogens (tertiary/aromatic N) is 3. The van der Waals surface area contributed by atoms with Crippen LogP contribution >= 0.6 is 0 Å². The molecular formula is C20H20N4O5. The minimum absolute atomic E-state index is 0.130. The first kappa shape index (κ1) is 18.8. The summed E-state index contributed by atoms with van der Waals surface area (Å²) in [5.74, 6) is 1.39. The van der Waals surface area contributed by atoms with Gasteiger partial charge in [-0.3, -0.25) is 4.79 Å². The molecule has 1 aliphatic heterocycles. The second kappa shape index (κ2) is 8.19. The van der Waals surface area contributed by atoms with Gasteiger partial charge in [-0.05, 0) is 18.2 Å². The molecule has 2 N–H and O–H groups in total. The number of fused-ring (bicyclic) bond motifs is 1. The topological polar surface area (TPSA) is 108 Å². The highest BCUT2D eigenvalue weighted by atomic mass is 16.6. The van der Waals surface area contributed by atoms with Gasteiger partial charge in [0.25, 0.3) is 5.91 Å². The smallest absolute Gasteiger partial charge is 0.277 e. The molecule has 0 aliphatic carbocycles. The number of aliphatic hydroxyl groups is 1. The summed E-state index contributed by atoms with van der Waals surface area (Å²) in [6.45, 7) is 1.10. The Labute approximate surface area is 166 Å². The number of aromatic nitrogens is 3. The van der Waals surface area contributed by atoms with Crippen molar-refractivity contribution >= 4 is 11.6 Å². The van der Waals surface area contributed by atoms with Crippen molar-refractivity contribution in [3.8, 4) is 17.2 Å². The van der Waals surface area contributed by atoms with Crippen LogP contribution in [-0.4, -0.2) is 46.3 Å². The van der Waals surface area contributed by atoms with Crippen molar-refractivity contribution in [1.29, 1.82) is 0 Å². The number of methoxy groups -OCH3 is 1. The number of carbonyl (C=O) groups is 1. The third-order valence-electron chi connectivity index (χ3n) is 4.43. The van der Waals surface area contributed by atoms with Gasteiger partial charge in [0.05, 0.1) is 19.9 Å². The Morgan fingerprint density at radius 1 is 1.24 bits per heavy atom. The van der Waals surface area contributed by atoms with Crippen LogP contribution in [0.25, 0.3) is 0 Å². The van der Waals surface area contributed by atoms with Gasteiger partial charge in [0.15, 0.2) is 17.2 Å². The third-order valence-corrected chi connectivity index (χ3v) is 4.43. The Kier molecular flexibility index (Phi) is 5.30. The maximum atomic E-state index is 12.5. The van der Waals surface area contributed by atoms with Gasteiger partial charge in [-0.1, -0.05) is 23.4 Å². The van der Waals surface area contributed by atoms with Crippen LogP contribution in [0, 0.1) is 0 Å². The average Bonchev–Trinajstić information content (AvgIpc) is 3.22. The summed E-state index contributed by atoms with van der Waals surface area (Å²) in [5, 5.41) is 21.1. The summed E-state index contributed by atoms with van der Waals surface area (Å²) in [5.41, 5.74) is 1.32. The first-order valence-electron chi connectivity index (χ1n) is 9.06. The Bertz CT molecular complexity index is 1020. The summed E-state index contributed by atoms with van der Waals surface area (Å²) < 4.78 is 17.7. The monoisotopic (exact) mass is 396 g/mol. The van der Waals surface area contributed by atoms with Gasteiger partial charge in [-0.25, -0.2) is 4.68 Å². The molecule has 9 nitrogen and oxygen atoms in total. The quantitative estimate of drug-likeness (QED) is 0.656. The summed E-state index contributed by atoms with van der Waals surface area (Å²) in [7, 11) is 1.54. The Balaban J connectivity index is 1.42. The molecule has 0 unspecified atom stereocenters. The van der Waals surface area contributed by atoms with Crippen molar-refractivity contribution in [2.45, 2.75) is 12.6 Å². The summed E-state index contributed by atoms with van der Waals surface area (Å²) in [4.78, 5) is 12.5. The van der Waals surface area contributed by atoms with E-state index in [0.29, 0.717) is 41.7 Å². The van der Waals surface area contributed by atoms with E-state index in [0.717, 1.165) is 0 Å². The second-order valence-electron chi connectivity index (χ2n) is 6.40. The maximum absolute atomic E-state index is 12.5. The molecule has 1 atom stereocenters. The number of ether oxygens (including phenoxy) is 3. The first-order chi connectivity index (χ1) is 14.1. The van der Waals surface area contributed by atoms with Crippen LogP contribution in [-0.2, 0) is 6.54 Å². The maximum Gasteiger partial charge on any atom is 0.277 e. The van der Waals surface area contributed by atoms with E-state index in [2.05, 4.69) is 15.6 Å². The minimum atomic E-state index is -0.860. The number of rotatable bonds is 6. The Hall–Kier alpha value is -3.59. The average molecular weight is 396 g/mol. The minimum Gasteiger partial charge on any atom is -0.496 e. The van der Waals surface area contributed by atoms with Gasteiger partial charge in [0.2, 0.25) is 0 Å². The largest absolute Gasteiger partial charge is 0.496 e. The molecule has 0 bridgehead atoms. The number of para-hydroxylation sites is 1. The normalized spacial score (nSPS) is 13.6. The van der Waals surface area contributed by atoms with Crippen LogP contribution in [0.3, 0.4) is 0 Å². The highest BCUT2D eigenvalue weighted by molar-refractivity contribution is 6.02. The molecule has 1 amide bonds. The SMILES string of the molecule is COc1ccccc1[C@@H](O)Cn1cc(C(=O)Nc2ccc3c(c2)OCCO3)nn1. The van der Waals surface area contributed by atoms with Crippen molar-refractivity contribution < 1.29 is 24.1 Å². The zero-order chi connectivity index (χ0) is 20.2. The molecular weight excluding hydrogens is 376 g/mol. The molecule has 0 fully saturated rings. The predicted molar refractivity (Wildman–Crippen MR) is 103 cm³/mol. The van der Waals surface area contributed by atoms with Gasteiger partial charge in [-0.2, -0.15) is 0 Å². The lowest BCUT2D eigenvalue weighted by Crippen LogP contribution is -2.16. The van der Waals surface area contributed by atoms with E-state index in [9.17, 15) is 9.90 Å². The molecule has 1 aromatic heterocycles. The molecule has 29 heavy (non-hydrogen) atoms. The van der Waals surface area contributed by atoms with Gasteiger partial charge in [-0.15, -0.1) is 5.10 Å². The van der Waals surface area contributed by atoms with Gasteiger partial charge >= 0.3 is 0 Å². The molecule has 0 spiro atoms. The van der Waals surface area contributed by atoms with Gasteiger partial charge in [0, 0.05) is 17.3 Å². The number of nitrogens with one attached hydrogen (secondary N) is 1. The number of amides is 1. The molecule has 1 aliphatic rings. The standard InChI is InChI=1S/C20H20N4O5/c1-27-17-5-3-2-4-14(17)16(25)12-24-11-15(22-23-24)20(26)21-13-6-7-18-19(10-13)29-9-8-28-18/h2-7,10-11,16,25H,8-9,12H2,1H3,(H,21,26)/t16-/m0/s1. The Morgan fingerprint density at radius 3 is 2.86 bits per heavy atom. The second-order valence-corrected chi connectivity index (χ2v) is 6.40. The number of aliphatic hydroxyl groups excluding tert-OH is 1. The van der Waals surface area contributed by atoms with E-state index in [1.165, 1.54) is 10.9 Å². The van der Waals surface area contributed by atoms with Crippen molar-refractivity contribution in [3.05, 3.63) is 59.9 Å². The molecule has 0 saturated carbocycles. The molecule has 0 saturated heterocycles. The van der Waals surface area contributed by atoms with E-state index in [-0.39, 0.29) is 12.2 Å². The van der Waals surface area contributed by atoms with Crippen LogP contribution < -0.4 is 19.5 Å². The van der Waals surface area contributed by atoms with Crippen LogP contribution in [0.4, 0.5) is 5.69 Å². The molecule has 0 radical (unpaired) electrons. The van der Waals surface area contributed by atoms with E-state index in [1.54, 1.807) is 37.4 Å². The number of anilines is 1. The lowest BCUT2D eigenvalue weighted by molar-refractivity contribution is 0.102. The molecule has 4 rings (SSSR count).